The van der Waals surface area contributed by atoms with Crippen molar-refractivity contribution in [1.82, 2.24) is 0 Å². The SMILES string of the molecule is CC(C)O.[Dy].[Dy]. The molecule has 0 amide bonds. The van der Waals surface area contributed by atoms with E-state index in [-0.39, 0.29) is 82.5 Å². The van der Waals surface area contributed by atoms with E-state index in [9.17, 15) is 0 Å². The molecule has 0 saturated carbocycles. The van der Waals surface area contributed by atoms with Crippen molar-refractivity contribution in [3.05, 3.63) is 0 Å². The van der Waals surface area contributed by atoms with Gasteiger partial charge in [0.25, 0.3) is 0 Å². The fourth-order valence-electron chi connectivity index (χ4n) is 0. The van der Waals surface area contributed by atoms with Gasteiger partial charge in [-0.1, -0.05) is 0 Å². The first-order chi connectivity index (χ1) is 1.73. The maximum absolute atomic E-state index is 8.06. The molecule has 0 aliphatic rings. The molecule has 1 nitrogen and oxygen atoms in total. The number of hydrogen-bond donors (Lipinski definition) is 1. The Morgan fingerprint density at radius 3 is 1.17 bits per heavy atom. The van der Waals surface area contributed by atoms with Crippen LogP contribution in [-0.2, 0) is 0 Å². The number of aliphatic hydroxyl groups excluding tert-OH is 1. The normalized spacial score (nSPS) is 6.00. The van der Waals surface area contributed by atoms with Crippen molar-refractivity contribution in [2.45, 2.75) is 20.0 Å². The Bertz CT molecular complexity index is 13.5. The molecule has 0 rings (SSSR count). The first-order valence-corrected chi connectivity index (χ1v) is 1.41. The van der Waals surface area contributed by atoms with Gasteiger partial charge < -0.3 is 5.11 Å². The second-order valence-corrected chi connectivity index (χ2v) is 1.09. The molecule has 0 bridgehead atoms. The van der Waals surface area contributed by atoms with Gasteiger partial charge in [0.2, 0.25) is 0 Å². The van der Waals surface area contributed by atoms with Gasteiger partial charge in [0.1, 0.15) is 0 Å². The maximum atomic E-state index is 8.06. The predicted octanol–water partition coefficient (Wildman–Crippen LogP) is 0.387. The Labute approximate surface area is 99.3 Å². The topological polar surface area (TPSA) is 20.2 Å². The zero-order valence-electron chi connectivity index (χ0n) is 3.66. The molecule has 0 unspecified atom stereocenters. The largest absolute Gasteiger partial charge is 0.394 e. The van der Waals surface area contributed by atoms with E-state index in [4.69, 9.17) is 5.11 Å². The second-order valence-electron chi connectivity index (χ2n) is 1.09. The van der Waals surface area contributed by atoms with Crippen LogP contribution in [0.5, 0.6) is 0 Å². The molecular formula is C3H8Dy2O. The molecule has 0 aliphatic carbocycles. The van der Waals surface area contributed by atoms with Crippen LogP contribution in [0.1, 0.15) is 13.8 Å². The average Bonchev–Trinajstić information content (AvgIpc) is 0.811. The van der Waals surface area contributed by atoms with E-state index < -0.39 is 0 Å². The van der Waals surface area contributed by atoms with E-state index in [1.165, 1.54) is 0 Å². The fourth-order valence-corrected chi connectivity index (χ4v) is 0. The molecule has 6 heavy (non-hydrogen) atoms. The minimum absolute atomic E-state index is 0. The first kappa shape index (κ1) is 15.8. The second kappa shape index (κ2) is 10.5. The van der Waals surface area contributed by atoms with Crippen molar-refractivity contribution in [2.24, 2.45) is 0 Å². The molecule has 0 spiro atoms. The van der Waals surface area contributed by atoms with Crippen molar-refractivity contribution in [3.8, 4) is 0 Å². The van der Waals surface area contributed by atoms with Crippen LogP contribution in [0, 0.1) is 76.3 Å². The average molecular weight is 385 g/mol. The molecule has 0 aromatic carbocycles. The van der Waals surface area contributed by atoms with Gasteiger partial charge in [-0.25, -0.2) is 0 Å². The molecule has 0 heterocycles. The standard InChI is InChI=1S/C3H8O.2Dy/c1-3(2)4;;/h3-4H,1-2H3;;. The monoisotopic (exact) mass is 388 g/mol. The Morgan fingerprint density at radius 2 is 1.17 bits per heavy atom. The van der Waals surface area contributed by atoms with Crippen LogP contribution in [0.15, 0.2) is 0 Å². The van der Waals surface area contributed by atoms with E-state index in [0.717, 1.165) is 0 Å². The van der Waals surface area contributed by atoms with E-state index in [1.807, 2.05) is 0 Å². The summed E-state index contributed by atoms with van der Waals surface area (Å²) in [5, 5.41) is 8.06. The van der Waals surface area contributed by atoms with Gasteiger partial charge in [-0.15, -0.1) is 0 Å². The summed E-state index contributed by atoms with van der Waals surface area (Å²) in [6, 6.07) is 0. The van der Waals surface area contributed by atoms with Gasteiger partial charge in [0, 0.05) is 82.5 Å². The molecule has 3 heteroatoms. The Kier molecular flexibility index (Phi) is 27.6. The molecular weight excluding hydrogens is 377 g/mol. The Balaban J connectivity index is -0.0000000450. The smallest absolute Gasteiger partial charge is 0.0483 e. The summed E-state index contributed by atoms with van der Waals surface area (Å²) in [5.41, 5.74) is 0. The fraction of sp³-hybridized carbons (Fsp3) is 1.00. The minimum atomic E-state index is -0.167. The van der Waals surface area contributed by atoms with Crippen molar-refractivity contribution in [1.29, 1.82) is 0 Å². The molecule has 0 radical (unpaired) electrons. The predicted molar refractivity (Wildman–Crippen MR) is 17.4 cm³/mol. The number of hydrogen-bond acceptors (Lipinski definition) is 1. The molecule has 0 aromatic heterocycles. The molecule has 0 saturated heterocycles. The van der Waals surface area contributed by atoms with Crippen molar-refractivity contribution in [2.75, 3.05) is 0 Å². The van der Waals surface area contributed by atoms with E-state index >= 15 is 0 Å². The van der Waals surface area contributed by atoms with Gasteiger partial charge in [-0.2, -0.15) is 0 Å². The van der Waals surface area contributed by atoms with Gasteiger partial charge in [0.05, 0.1) is 0 Å². The van der Waals surface area contributed by atoms with Gasteiger partial charge in [-0.3, -0.25) is 0 Å². The Morgan fingerprint density at radius 1 is 1.17 bits per heavy atom. The third-order valence-electron chi connectivity index (χ3n) is 0. The van der Waals surface area contributed by atoms with E-state index in [0.29, 0.717) is 0 Å². The number of rotatable bonds is 0. The Hall–Kier alpha value is 2.51. The third-order valence-corrected chi connectivity index (χ3v) is 0. The molecule has 46 valence electrons. The number of aliphatic hydroxyl groups is 1. The summed E-state index contributed by atoms with van der Waals surface area (Å²) in [7, 11) is 0. The van der Waals surface area contributed by atoms with Crippen LogP contribution in [0.2, 0.25) is 0 Å². The van der Waals surface area contributed by atoms with Crippen molar-refractivity contribution < 1.29 is 81.5 Å². The van der Waals surface area contributed by atoms with E-state index in [1.54, 1.807) is 13.8 Å². The zero-order chi connectivity index (χ0) is 3.58. The van der Waals surface area contributed by atoms with Crippen LogP contribution in [0.25, 0.3) is 0 Å². The molecule has 0 aromatic rings. The summed E-state index contributed by atoms with van der Waals surface area (Å²) in [4.78, 5) is 0. The molecule has 1 N–H and O–H groups in total. The van der Waals surface area contributed by atoms with Crippen LogP contribution < -0.4 is 0 Å². The summed E-state index contributed by atoms with van der Waals surface area (Å²) in [5.74, 6) is 0. The zero-order valence-corrected chi connectivity index (χ0v) is 7.71. The van der Waals surface area contributed by atoms with Crippen LogP contribution in [-0.4, -0.2) is 11.2 Å². The summed E-state index contributed by atoms with van der Waals surface area (Å²) >= 11 is 0. The van der Waals surface area contributed by atoms with Gasteiger partial charge in [0.15, 0.2) is 0 Å². The van der Waals surface area contributed by atoms with Crippen LogP contribution in [0.4, 0.5) is 0 Å². The van der Waals surface area contributed by atoms with Gasteiger partial charge >= 0.3 is 0 Å². The van der Waals surface area contributed by atoms with Gasteiger partial charge in [-0.05, 0) is 13.8 Å². The summed E-state index contributed by atoms with van der Waals surface area (Å²) in [6.45, 7) is 3.44. The van der Waals surface area contributed by atoms with Crippen molar-refractivity contribution >= 4 is 0 Å². The molecule has 0 atom stereocenters. The van der Waals surface area contributed by atoms with Crippen LogP contribution in [0.3, 0.4) is 0 Å². The molecule has 0 fully saturated rings. The molecule has 0 aliphatic heterocycles. The first-order valence-electron chi connectivity index (χ1n) is 1.41. The maximum Gasteiger partial charge on any atom is 0.0483 e. The van der Waals surface area contributed by atoms with Crippen LogP contribution >= 0.6 is 0 Å². The van der Waals surface area contributed by atoms with E-state index in [2.05, 4.69) is 0 Å². The quantitative estimate of drug-likeness (QED) is 0.640. The summed E-state index contributed by atoms with van der Waals surface area (Å²) in [6.07, 6.45) is -0.167. The minimum Gasteiger partial charge on any atom is -0.394 e. The van der Waals surface area contributed by atoms with Crippen molar-refractivity contribution in [3.63, 3.8) is 0 Å². The third kappa shape index (κ3) is 31.4. The summed E-state index contributed by atoms with van der Waals surface area (Å²) < 4.78 is 0.